The number of benzene rings is 1. The van der Waals surface area contributed by atoms with E-state index in [1.54, 1.807) is 12.2 Å². The highest BCUT2D eigenvalue weighted by Gasteiger charge is 2.33. The summed E-state index contributed by atoms with van der Waals surface area (Å²) in [4.78, 5) is 32.4. The Bertz CT molecular complexity index is 1210. The normalized spacial score (nSPS) is 17.7. The van der Waals surface area contributed by atoms with Gasteiger partial charge in [-0.2, -0.15) is 13.2 Å². The van der Waals surface area contributed by atoms with Gasteiger partial charge in [0.05, 0.1) is 10.6 Å². The van der Waals surface area contributed by atoms with Crippen LogP contribution in [0.2, 0.25) is 5.02 Å². The van der Waals surface area contributed by atoms with Crippen molar-refractivity contribution in [2.45, 2.75) is 32.4 Å². The minimum atomic E-state index is -4.65. The molecule has 2 aromatic rings. The van der Waals surface area contributed by atoms with E-state index in [0.717, 1.165) is 25.0 Å². The maximum atomic E-state index is 13.1. The number of carbonyl (C=O) groups excluding carboxylic acids is 2. The molecule has 4 rings (SSSR count). The number of hydrogen-bond donors (Lipinski definition) is 3. The van der Waals surface area contributed by atoms with Crippen molar-refractivity contribution in [2.75, 3.05) is 10.6 Å². The summed E-state index contributed by atoms with van der Waals surface area (Å²) in [5, 5.41) is 7.22. The number of carbonyl (C=O) groups is 2. The van der Waals surface area contributed by atoms with Crippen LogP contribution in [-0.2, 0) is 11.0 Å². The molecule has 2 aliphatic carbocycles. The van der Waals surface area contributed by atoms with Crippen LogP contribution in [0, 0.1) is 11.8 Å². The molecule has 12 heteroatoms. The van der Waals surface area contributed by atoms with Gasteiger partial charge in [-0.15, -0.1) is 0 Å². The number of anilines is 2. The number of alkyl halides is 3. The lowest BCUT2D eigenvalue weighted by atomic mass is 10.00. The number of allylic oxidation sites excluding steroid dienone is 3. The highest BCUT2D eigenvalue weighted by Crippen LogP contribution is 2.36. The van der Waals surface area contributed by atoms with Crippen LogP contribution in [0.5, 0.6) is 5.88 Å². The van der Waals surface area contributed by atoms with Gasteiger partial charge in [0.25, 0.3) is 0 Å². The number of urea groups is 1. The van der Waals surface area contributed by atoms with E-state index in [4.69, 9.17) is 16.3 Å². The van der Waals surface area contributed by atoms with E-state index in [0.29, 0.717) is 23.7 Å². The molecule has 3 amide bonds. The summed E-state index contributed by atoms with van der Waals surface area (Å²) < 4.78 is 45.0. The van der Waals surface area contributed by atoms with Crippen LogP contribution < -0.4 is 20.7 Å². The lowest BCUT2D eigenvalue weighted by Gasteiger charge is -2.20. The van der Waals surface area contributed by atoms with Crippen molar-refractivity contribution in [3.05, 3.63) is 64.8 Å². The molecule has 2 aliphatic rings. The van der Waals surface area contributed by atoms with Crippen molar-refractivity contribution >= 4 is 35.0 Å². The molecule has 1 aromatic carbocycles. The predicted molar refractivity (Wildman–Crippen MR) is 123 cm³/mol. The fourth-order valence-electron chi connectivity index (χ4n) is 3.40. The predicted octanol–water partition coefficient (Wildman–Crippen LogP) is 5.51. The van der Waals surface area contributed by atoms with E-state index in [9.17, 15) is 22.8 Å². The Hall–Kier alpha value is -3.60. The van der Waals surface area contributed by atoms with Crippen LogP contribution >= 0.6 is 11.6 Å². The molecule has 0 aliphatic heterocycles. The third-order valence-electron chi connectivity index (χ3n) is 5.17. The molecule has 1 saturated carbocycles. The first-order valence-corrected chi connectivity index (χ1v) is 11.1. The van der Waals surface area contributed by atoms with E-state index < -0.39 is 22.8 Å². The van der Waals surface area contributed by atoms with Gasteiger partial charge in [0.15, 0.2) is 0 Å². The molecule has 3 N–H and O–H groups in total. The summed E-state index contributed by atoms with van der Waals surface area (Å²) in [6.45, 7) is 1.91. The Labute approximate surface area is 203 Å². The maximum absolute atomic E-state index is 13.1. The molecule has 35 heavy (non-hydrogen) atoms. The Morgan fingerprint density at radius 1 is 1.11 bits per heavy atom. The standard InChI is InChI=1S/C23H21ClF3N5O3/c1-12-6-15(31-22(34)30-14-4-5-18(24)17(9-14)23(25,26)27)8-16(7-12)35-20-10-19(28-11-29-20)32-21(33)13-2-3-13/h4-6,8-13H,2-3,7H2,1H3,(H2,30,31,34)(H,28,29,32,33). The van der Waals surface area contributed by atoms with Gasteiger partial charge in [-0.3, -0.25) is 4.79 Å². The smallest absolute Gasteiger partial charge is 0.417 e. The maximum Gasteiger partial charge on any atom is 0.417 e. The second-order valence-electron chi connectivity index (χ2n) is 8.29. The molecule has 1 heterocycles. The monoisotopic (exact) mass is 507 g/mol. The van der Waals surface area contributed by atoms with Gasteiger partial charge >= 0.3 is 12.2 Å². The molecule has 0 bridgehead atoms. The zero-order chi connectivity index (χ0) is 25.2. The first-order valence-electron chi connectivity index (χ1n) is 10.7. The fraction of sp³-hybridized carbons (Fsp3) is 0.304. The van der Waals surface area contributed by atoms with Crippen LogP contribution in [0.4, 0.5) is 29.5 Å². The highest BCUT2D eigenvalue weighted by molar-refractivity contribution is 6.31. The Balaban J connectivity index is 1.40. The van der Waals surface area contributed by atoms with E-state index >= 15 is 0 Å². The summed E-state index contributed by atoms with van der Waals surface area (Å²) in [6, 6.07) is 3.87. The molecule has 0 saturated heterocycles. The van der Waals surface area contributed by atoms with Crippen molar-refractivity contribution in [2.24, 2.45) is 11.8 Å². The Morgan fingerprint density at radius 3 is 2.60 bits per heavy atom. The summed E-state index contributed by atoms with van der Waals surface area (Å²) in [5.74, 6) is 0.965. The van der Waals surface area contributed by atoms with Gasteiger partial charge in [-0.05, 0) is 43.0 Å². The van der Waals surface area contributed by atoms with Crippen molar-refractivity contribution in [3.8, 4) is 5.88 Å². The van der Waals surface area contributed by atoms with Crippen LogP contribution in [0.1, 0.15) is 31.7 Å². The summed E-state index contributed by atoms with van der Waals surface area (Å²) >= 11 is 5.61. The first kappa shape index (κ1) is 24.5. The number of halogens is 4. The lowest BCUT2D eigenvalue weighted by Crippen LogP contribution is -2.29. The average molecular weight is 508 g/mol. The largest absolute Gasteiger partial charge is 0.443 e. The molecular weight excluding hydrogens is 487 g/mol. The topological polar surface area (TPSA) is 105 Å². The third-order valence-corrected chi connectivity index (χ3v) is 5.50. The molecule has 1 aromatic heterocycles. The molecule has 0 spiro atoms. The van der Waals surface area contributed by atoms with Gasteiger partial charge in [0, 0.05) is 29.8 Å². The van der Waals surface area contributed by atoms with Crippen molar-refractivity contribution in [1.82, 2.24) is 15.3 Å². The van der Waals surface area contributed by atoms with Gasteiger partial charge in [0.2, 0.25) is 11.8 Å². The lowest BCUT2D eigenvalue weighted by molar-refractivity contribution is -0.137. The third kappa shape index (κ3) is 6.72. The minimum Gasteiger partial charge on any atom is -0.443 e. The SMILES string of the molecule is CC1C=C(NC(=O)Nc2ccc(Cl)c(C(F)(F)F)c2)C=C(Oc2cc(NC(=O)C3CC3)ncn2)C1. The van der Waals surface area contributed by atoms with Crippen LogP contribution in [0.3, 0.4) is 0 Å². The fourth-order valence-corrected chi connectivity index (χ4v) is 3.62. The van der Waals surface area contributed by atoms with E-state index in [2.05, 4.69) is 25.9 Å². The van der Waals surface area contributed by atoms with E-state index in [1.807, 2.05) is 6.92 Å². The summed E-state index contributed by atoms with van der Waals surface area (Å²) in [6.07, 6.45) is 2.25. The molecule has 0 radical (unpaired) electrons. The zero-order valence-corrected chi connectivity index (χ0v) is 19.2. The van der Waals surface area contributed by atoms with Crippen LogP contribution in [0.25, 0.3) is 0 Å². The number of rotatable bonds is 6. The summed E-state index contributed by atoms with van der Waals surface area (Å²) in [7, 11) is 0. The number of ether oxygens (including phenoxy) is 1. The van der Waals surface area contributed by atoms with Crippen LogP contribution in [-0.4, -0.2) is 21.9 Å². The zero-order valence-electron chi connectivity index (χ0n) is 18.4. The number of nitrogens with zero attached hydrogens (tertiary/aromatic N) is 2. The van der Waals surface area contributed by atoms with E-state index in [-0.39, 0.29) is 29.3 Å². The molecular formula is C23H21ClF3N5O3. The number of aromatic nitrogens is 2. The van der Waals surface area contributed by atoms with Gasteiger partial charge in [0.1, 0.15) is 17.9 Å². The van der Waals surface area contributed by atoms with E-state index in [1.165, 1.54) is 18.5 Å². The number of nitrogens with one attached hydrogen (secondary N) is 3. The Morgan fingerprint density at radius 2 is 1.89 bits per heavy atom. The first-order chi connectivity index (χ1) is 16.6. The van der Waals surface area contributed by atoms with Crippen molar-refractivity contribution in [3.63, 3.8) is 0 Å². The second kappa shape index (κ2) is 9.95. The molecule has 1 atom stereocenters. The van der Waals surface area contributed by atoms with Crippen molar-refractivity contribution < 1.29 is 27.5 Å². The Kier molecular flexibility index (Phi) is 6.97. The van der Waals surface area contributed by atoms with Gasteiger partial charge in [-0.25, -0.2) is 14.8 Å². The van der Waals surface area contributed by atoms with Gasteiger partial charge in [-0.1, -0.05) is 24.6 Å². The molecule has 184 valence electrons. The second-order valence-corrected chi connectivity index (χ2v) is 8.70. The minimum absolute atomic E-state index is 0.00598. The number of hydrogen-bond acceptors (Lipinski definition) is 5. The van der Waals surface area contributed by atoms with Gasteiger partial charge < -0.3 is 20.7 Å². The van der Waals surface area contributed by atoms with Crippen LogP contribution in [0.15, 0.2) is 54.2 Å². The molecule has 1 fully saturated rings. The highest BCUT2D eigenvalue weighted by atomic mass is 35.5. The van der Waals surface area contributed by atoms with Crippen molar-refractivity contribution in [1.29, 1.82) is 0 Å². The number of amides is 3. The molecule has 8 nitrogen and oxygen atoms in total. The summed E-state index contributed by atoms with van der Waals surface area (Å²) in [5.41, 5.74) is -0.709. The molecule has 1 unspecified atom stereocenters. The average Bonchev–Trinajstić information content (AvgIpc) is 3.59. The quantitative estimate of drug-likeness (QED) is 0.478.